The number of amides is 1. The number of carbonyl (C=O) groups is 1. The number of hydrogen-bond acceptors (Lipinski definition) is 1. The van der Waals surface area contributed by atoms with E-state index in [2.05, 4.69) is 4.99 Å². The lowest BCUT2D eigenvalue weighted by Crippen LogP contribution is -1.94. The molecule has 0 bridgehead atoms. The van der Waals surface area contributed by atoms with Crippen molar-refractivity contribution in [1.29, 1.82) is 0 Å². The lowest BCUT2D eigenvalue weighted by molar-refractivity contribution is -0.114. The van der Waals surface area contributed by atoms with Crippen LogP contribution < -0.4 is 0 Å². The Hall–Kier alpha value is -0.920. The van der Waals surface area contributed by atoms with Crippen molar-refractivity contribution in [3.63, 3.8) is 0 Å². The highest BCUT2D eigenvalue weighted by molar-refractivity contribution is 5.97. The Morgan fingerprint density at radius 2 is 2.20 bits per heavy atom. The molecule has 0 fully saturated rings. The lowest BCUT2D eigenvalue weighted by Gasteiger charge is -1.89. The van der Waals surface area contributed by atoms with Gasteiger partial charge in [0.15, 0.2) is 0 Å². The summed E-state index contributed by atoms with van der Waals surface area (Å²) in [6.07, 6.45) is 4.19. The molecule has 56 valence electrons. The number of allylic oxidation sites excluding steroid dienone is 1. The van der Waals surface area contributed by atoms with Gasteiger partial charge in [-0.3, -0.25) is 4.79 Å². The summed E-state index contributed by atoms with van der Waals surface area (Å²) < 4.78 is 0. The highest BCUT2D eigenvalue weighted by Crippen LogP contribution is 1.93. The van der Waals surface area contributed by atoms with Crippen LogP contribution in [0.3, 0.4) is 0 Å². The first-order valence-corrected chi connectivity index (χ1v) is 3.42. The van der Waals surface area contributed by atoms with Gasteiger partial charge in [-0.2, -0.15) is 0 Å². The molecule has 0 aliphatic heterocycles. The molecular formula is C8H13NO. The Morgan fingerprint density at radius 1 is 1.60 bits per heavy atom. The molecule has 2 heteroatoms. The smallest absolute Gasteiger partial charge is 0.267 e. The molecule has 0 aliphatic carbocycles. The number of nitrogens with zero attached hydrogens (tertiary/aromatic N) is 1. The maximum atomic E-state index is 10.9. The topological polar surface area (TPSA) is 29.4 Å². The third-order valence-electron chi connectivity index (χ3n) is 1.16. The molecule has 0 atom stereocenters. The van der Waals surface area contributed by atoms with E-state index in [4.69, 9.17) is 0 Å². The van der Waals surface area contributed by atoms with E-state index in [1.165, 1.54) is 0 Å². The SMILES string of the molecule is C/C=C(\C)C(=O)N=CCC. The molecular weight excluding hydrogens is 126 g/mol. The Morgan fingerprint density at radius 3 is 2.60 bits per heavy atom. The largest absolute Gasteiger partial charge is 0.271 e. The van der Waals surface area contributed by atoms with Crippen LogP contribution in [0, 0.1) is 0 Å². The summed E-state index contributed by atoms with van der Waals surface area (Å²) in [5.41, 5.74) is 0.699. The molecule has 0 aliphatic rings. The van der Waals surface area contributed by atoms with Crippen molar-refractivity contribution in [2.75, 3.05) is 0 Å². The van der Waals surface area contributed by atoms with Gasteiger partial charge in [0.1, 0.15) is 0 Å². The van der Waals surface area contributed by atoms with Crippen molar-refractivity contribution in [2.24, 2.45) is 4.99 Å². The third kappa shape index (κ3) is 3.17. The predicted molar refractivity (Wildman–Crippen MR) is 43.2 cm³/mol. The summed E-state index contributed by atoms with van der Waals surface area (Å²) in [5.74, 6) is -0.135. The second kappa shape index (κ2) is 4.91. The number of aliphatic imine (C=N–C) groups is 1. The minimum Gasteiger partial charge on any atom is -0.267 e. The van der Waals surface area contributed by atoms with E-state index >= 15 is 0 Å². The van der Waals surface area contributed by atoms with Crippen LogP contribution in [0.4, 0.5) is 0 Å². The van der Waals surface area contributed by atoms with Gasteiger partial charge in [-0.05, 0) is 20.3 Å². The molecule has 0 saturated carbocycles. The van der Waals surface area contributed by atoms with Crippen LogP contribution in [0.5, 0.6) is 0 Å². The molecule has 0 aromatic heterocycles. The summed E-state index contributed by atoms with van der Waals surface area (Å²) in [6.45, 7) is 5.53. The van der Waals surface area contributed by atoms with Crippen molar-refractivity contribution in [3.05, 3.63) is 11.6 Å². The Labute approximate surface area is 61.7 Å². The van der Waals surface area contributed by atoms with Gasteiger partial charge in [0.05, 0.1) is 0 Å². The van der Waals surface area contributed by atoms with E-state index in [1.54, 1.807) is 19.2 Å². The maximum absolute atomic E-state index is 10.9. The normalized spacial score (nSPS) is 12.5. The van der Waals surface area contributed by atoms with Crippen LogP contribution in [-0.4, -0.2) is 12.1 Å². The molecule has 0 unspecified atom stereocenters. The van der Waals surface area contributed by atoms with Gasteiger partial charge in [0.2, 0.25) is 0 Å². The van der Waals surface area contributed by atoms with Crippen LogP contribution >= 0.6 is 0 Å². The molecule has 2 nitrogen and oxygen atoms in total. The molecule has 0 spiro atoms. The highest BCUT2D eigenvalue weighted by Gasteiger charge is 1.96. The molecule has 1 amide bonds. The van der Waals surface area contributed by atoms with Crippen LogP contribution in [0.2, 0.25) is 0 Å². The van der Waals surface area contributed by atoms with E-state index in [0.717, 1.165) is 6.42 Å². The minimum absolute atomic E-state index is 0.135. The van der Waals surface area contributed by atoms with Crippen molar-refractivity contribution < 1.29 is 4.79 Å². The zero-order chi connectivity index (χ0) is 7.98. The standard InChI is InChI=1S/C8H13NO/c1-4-6-9-8(10)7(3)5-2/h5-6H,4H2,1-3H3/b7-5+,9-6?. The fourth-order valence-corrected chi connectivity index (χ4v) is 0.399. The molecule has 0 saturated heterocycles. The molecule has 0 N–H and O–H groups in total. The van der Waals surface area contributed by atoms with E-state index in [9.17, 15) is 4.79 Å². The van der Waals surface area contributed by atoms with Crippen molar-refractivity contribution in [1.82, 2.24) is 0 Å². The third-order valence-corrected chi connectivity index (χ3v) is 1.16. The molecule has 0 rings (SSSR count). The van der Waals surface area contributed by atoms with Crippen LogP contribution in [0.15, 0.2) is 16.6 Å². The van der Waals surface area contributed by atoms with E-state index in [0.29, 0.717) is 5.57 Å². The van der Waals surface area contributed by atoms with Gasteiger partial charge in [0, 0.05) is 11.8 Å². The maximum Gasteiger partial charge on any atom is 0.271 e. The highest BCUT2D eigenvalue weighted by atomic mass is 16.1. The van der Waals surface area contributed by atoms with E-state index in [1.807, 2.05) is 13.8 Å². The zero-order valence-electron chi connectivity index (χ0n) is 6.72. The average molecular weight is 139 g/mol. The average Bonchev–Trinajstić information content (AvgIpc) is 1.98. The van der Waals surface area contributed by atoms with Crippen LogP contribution in [0.1, 0.15) is 27.2 Å². The Bertz CT molecular complexity index is 168. The second-order valence-electron chi connectivity index (χ2n) is 2.00. The van der Waals surface area contributed by atoms with E-state index in [-0.39, 0.29) is 5.91 Å². The molecule has 10 heavy (non-hydrogen) atoms. The molecule has 0 aromatic rings. The minimum atomic E-state index is -0.135. The number of carbonyl (C=O) groups excluding carboxylic acids is 1. The summed E-state index contributed by atoms with van der Waals surface area (Å²) >= 11 is 0. The van der Waals surface area contributed by atoms with Crippen LogP contribution in [-0.2, 0) is 4.79 Å². The van der Waals surface area contributed by atoms with Gasteiger partial charge >= 0.3 is 0 Å². The zero-order valence-corrected chi connectivity index (χ0v) is 6.72. The summed E-state index contributed by atoms with van der Waals surface area (Å²) in [5, 5.41) is 0. The first kappa shape index (κ1) is 9.08. The summed E-state index contributed by atoms with van der Waals surface area (Å²) in [6, 6.07) is 0. The second-order valence-corrected chi connectivity index (χ2v) is 2.00. The Kier molecular flexibility index (Phi) is 4.46. The van der Waals surface area contributed by atoms with Crippen molar-refractivity contribution in [3.8, 4) is 0 Å². The van der Waals surface area contributed by atoms with Gasteiger partial charge in [-0.25, -0.2) is 4.99 Å². The van der Waals surface area contributed by atoms with Crippen molar-refractivity contribution in [2.45, 2.75) is 27.2 Å². The fourth-order valence-electron chi connectivity index (χ4n) is 0.399. The number of hydrogen-bond donors (Lipinski definition) is 0. The lowest BCUT2D eigenvalue weighted by atomic mass is 10.3. The summed E-state index contributed by atoms with van der Waals surface area (Å²) in [7, 11) is 0. The fraction of sp³-hybridized carbons (Fsp3) is 0.500. The Balaban J connectivity index is 3.98. The monoisotopic (exact) mass is 139 g/mol. The van der Waals surface area contributed by atoms with Gasteiger partial charge < -0.3 is 0 Å². The van der Waals surface area contributed by atoms with Crippen molar-refractivity contribution >= 4 is 12.1 Å². The predicted octanol–water partition coefficient (Wildman–Crippen LogP) is 1.96. The van der Waals surface area contributed by atoms with Gasteiger partial charge in [0.25, 0.3) is 5.91 Å². The quantitative estimate of drug-likeness (QED) is 0.424. The van der Waals surface area contributed by atoms with Crippen LogP contribution in [0.25, 0.3) is 0 Å². The first-order valence-electron chi connectivity index (χ1n) is 3.42. The van der Waals surface area contributed by atoms with Gasteiger partial charge in [-0.15, -0.1) is 0 Å². The molecule has 0 radical (unpaired) electrons. The molecule has 0 heterocycles. The van der Waals surface area contributed by atoms with Gasteiger partial charge in [-0.1, -0.05) is 13.0 Å². The molecule has 0 aromatic carbocycles. The number of rotatable bonds is 2. The summed E-state index contributed by atoms with van der Waals surface area (Å²) in [4.78, 5) is 14.5. The van der Waals surface area contributed by atoms with E-state index < -0.39 is 0 Å². The first-order chi connectivity index (χ1) is 4.72.